The number of amides is 1. The Morgan fingerprint density at radius 2 is 2.00 bits per heavy atom. The summed E-state index contributed by atoms with van der Waals surface area (Å²) in [6.07, 6.45) is -5.31. The molecule has 0 aliphatic rings. The monoisotopic (exact) mass is 381 g/mol. The van der Waals surface area contributed by atoms with E-state index in [2.05, 4.69) is 14.7 Å². The lowest BCUT2D eigenvalue weighted by Gasteiger charge is -2.06. The third-order valence-corrected chi connectivity index (χ3v) is 4.65. The molecule has 1 N–H and O–H groups in total. The summed E-state index contributed by atoms with van der Waals surface area (Å²) in [5, 5.41) is 2.82. The highest BCUT2D eigenvalue weighted by atomic mass is 35.5. The van der Waals surface area contributed by atoms with Gasteiger partial charge in [-0.2, -0.15) is 17.5 Å². The molecule has 0 atom stereocenters. The molecule has 1 aromatic heterocycles. The molecule has 0 aliphatic carbocycles. The molecule has 23 heavy (non-hydrogen) atoms. The maximum Gasteiger partial charge on any atom is 0.390 e. The van der Waals surface area contributed by atoms with Crippen LogP contribution in [0.3, 0.4) is 0 Å². The smallest absolute Gasteiger partial charge is 0.355 e. The summed E-state index contributed by atoms with van der Waals surface area (Å²) in [4.78, 5) is 15.7. The fourth-order valence-corrected chi connectivity index (χ4v) is 3.08. The number of carbonyl (C=O) groups excluding carboxylic acids is 1. The van der Waals surface area contributed by atoms with Crippen molar-refractivity contribution in [3.63, 3.8) is 0 Å². The van der Waals surface area contributed by atoms with E-state index in [1.807, 2.05) is 0 Å². The van der Waals surface area contributed by atoms with Crippen molar-refractivity contribution in [3.8, 4) is 11.4 Å². The molecule has 0 spiro atoms. The molecule has 0 aliphatic heterocycles. The van der Waals surface area contributed by atoms with E-state index in [4.69, 9.17) is 11.6 Å². The summed E-state index contributed by atoms with van der Waals surface area (Å²) < 4.78 is 40.6. The van der Waals surface area contributed by atoms with Crippen LogP contribution in [-0.4, -0.2) is 33.7 Å². The van der Waals surface area contributed by atoms with Gasteiger partial charge < -0.3 is 5.32 Å². The van der Waals surface area contributed by atoms with Gasteiger partial charge in [0.15, 0.2) is 10.2 Å². The molecule has 2 aromatic rings. The second-order valence-corrected chi connectivity index (χ2v) is 6.81. The van der Waals surface area contributed by atoms with E-state index in [0.29, 0.717) is 15.2 Å². The molecule has 0 radical (unpaired) electrons. The predicted molar refractivity (Wildman–Crippen MR) is 84.8 cm³/mol. The second-order valence-electron chi connectivity index (χ2n) is 4.39. The molecule has 1 aromatic carbocycles. The van der Waals surface area contributed by atoms with E-state index in [1.165, 1.54) is 0 Å². The van der Waals surface area contributed by atoms with Crippen molar-refractivity contribution in [3.05, 3.63) is 29.3 Å². The maximum atomic E-state index is 12.0. The lowest BCUT2D eigenvalue weighted by atomic mass is 10.2. The number of benzene rings is 1. The molecular formula is C13H11ClF3N3OS2. The van der Waals surface area contributed by atoms with E-state index in [1.54, 1.807) is 24.3 Å². The average Bonchev–Trinajstić information content (AvgIpc) is 2.93. The number of nitrogens with zero attached hydrogens (tertiary/aromatic N) is 2. The van der Waals surface area contributed by atoms with E-state index >= 15 is 0 Å². The Hall–Kier alpha value is -1.32. The molecule has 0 bridgehead atoms. The van der Waals surface area contributed by atoms with Crippen molar-refractivity contribution in [1.29, 1.82) is 0 Å². The molecule has 2 rings (SSSR count). The molecule has 0 fully saturated rings. The van der Waals surface area contributed by atoms with E-state index in [-0.39, 0.29) is 5.75 Å². The normalized spacial score (nSPS) is 11.5. The molecule has 0 saturated heterocycles. The molecule has 4 nitrogen and oxygen atoms in total. The molecular weight excluding hydrogens is 371 g/mol. The van der Waals surface area contributed by atoms with Gasteiger partial charge in [0.2, 0.25) is 5.91 Å². The highest BCUT2D eigenvalue weighted by Gasteiger charge is 2.26. The zero-order chi connectivity index (χ0) is 16.9. The van der Waals surface area contributed by atoms with Crippen LogP contribution in [-0.2, 0) is 4.79 Å². The minimum atomic E-state index is -4.27. The highest BCUT2D eigenvalue weighted by molar-refractivity contribution is 8.01. The van der Waals surface area contributed by atoms with Gasteiger partial charge in [0.25, 0.3) is 0 Å². The van der Waals surface area contributed by atoms with Gasteiger partial charge in [-0.05, 0) is 35.8 Å². The Kier molecular flexibility index (Phi) is 6.25. The van der Waals surface area contributed by atoms with Crippen LogP contribution in [0.25, 0.3) is 11.4 Å². The zero-order valence-electron chi connectivity index (χ0n) is 11.6. The highest BCUT2D eigenvalue weighted by Crippen LogP contribution is 2.26. The van der Waals surface area contributed by atoms with Crippen LogP contribution >= 0.6 is 34.9 Å². The number of nitrogens with one attached hydrogen (secondary N) is 1. The number of hydrogen-bond acceptors (Lipinski definition) is 5. The Bertz CT molecular complexity index is 661. The van der Waals surface area contributed by atoms with Crippen molar-refractivity contribution < 1.29 is 18.0 Å². The Balaban J connectivity index is 1.80. The summed E-state index contributed by atoms with van der Waals surface area (Å²) in [7, 11) is 0. The van der Waals surface area contributed by atoms with Crippen LogP contribution in [0.5, 0.6) is 0 Å². The molecule has 1 amide bonds. The minimum Gasteiger partial charge on any atom is -0.355 e. The summed E-state index contributed by atoms with van der Waals surface area (Å²) in [5.41, 5.74) is 0.798. The molecule has 10 heteroatoms. The van der Waals surface area contributed by atoms with Gasteiger partial charge in [0, 0.05) is 17.1 Å². The van der Waals surface area contributed by atoms with Crippen LogP contribution < -0.4 is 5.32 Å². The first-order valence-electron chi connectivity index (χ1n) is 6.39. The number of hydrogen-bond donors (Lipinski definition) is 1. The van der Waals surface area contributed by atoms with Gasteiger partial charge in [0.1, 0.15) is 0 Å². The molecule has 124 valence electrons. The number of alkyl halides is 3. The van der Waals surface area contributed by atoms with Gasteiger partial charge in [-0.1, -0.05) is 23.4 Å². The van der Waals surface area contributed by atoms with Crippen molar-refractivity contribution >= 4 is 40.8 Å². The number of rotatable bonds is 6. The van der Waals surface area contributed by atoms with Crippen LogP contribution in [0.15, 0.2) is 28.6 Å². The summed E-state index contributed by atoms with van der Waals surface area (Å²) in [5.74, 6) is 0.0433. The van der Waals surface area contributed by atoms with E-state index in [9.17, 15) is 18.0 Å². The number of thioether (sulfide) groups is 1. The number of halogens is 4. The van der Waals surface area contributed by atoms with Crippen LogP contribution in [0, 0.1) is 0 Å². The zero-order valence-corrected chi connectivity index (χ0v) is 14.0. The van der Waals surface area contributed by atoms with E-state index in [0.717, 1.165) is 28.9 Å². The molecule has 0 unspecified atom stereocenters. The fraction of sp³-hybridized carbons (Fsp3) is 0.308. The van der Waals surface area contributed by atoms with Gasteiger partial charge in [-0.15, -0.1) is 0 Å². The van der Waals surface area contributed by atoms with Gasteiger partial charge in [-0.25, -0.2) is 4.98 Å². The Labute approximate surface area is 143 Å². The number of aromatic nitrogens is 2. The maximum absolute atomic E-state index is 12.0. The second kappa shape index (κ2) is 7.98. The first-order valence-corrected chi connectivity index (χ1v) is 8.53. The van der Waals surface area contributed by atoms with Crippen LogP contribution in [0.1, 0.15) is 6.42 Å². The topological polar surface area (TPSA) is 54.9 Å². The lowest BCUT2D eigenvalue weighted by molar-refractivity contribution is -0.135. The quantitative estimate of drug-likeness (QED) is 0.768. The lowest BCUT2D eigenvalue weighted by Crippen LogP contribution is -2.29. The van der Waals surface area contributed by atoms with Gasteiger partial charge in [0.05, 0.1) is 12.2 Å². The third kappa shape index (κ3) is 6.36. The van der Waals surface area contributed by atoms with Crippen molar-refractivity contribution in [2.45, 2.75) is 16.9 Å². The van der Waals surface area contributed by atoms with Gasteiger partial charge >= 0.3 is 6.18 Å². The third-order valence-electron chi connectivity index (χ3n) is 2.57. The summed E-state index contributed by atoms with van der Waals surface area (Å²) in [6, 6.07) is 7.00. The first-order chi connectivity index (χ1) is 10.8. The Morgan fingerprint density at radius 1 is 1.30 bits per heavy atom. The fourth-order valence-electron chi connectivity index (χ4n) is 1.51. The average molecular weight is 382 g/mol. The summed E-state index contributed by atoms with van der Waals surface area (Å²) in [6.45, 7) is -0.422. The Morgan fingerprint density at radius 3 is 2.65 bits per heavy atom. The van der Waals surface area contributed by atoms with Crippen LogP contribution in [0.4, 0.5) is 13.2 Å². The standard InChI is InChI=1S/C13H11ClF3N3OS2/c14-9-3-1-8(2-4-9)11-19-12(23-20-11)22-7-10(21)18-6-5-13(15,16)17/h1-4H,5-7H2,(H,18,21). The van der Waals surface area contributed by atoms with Crippen molar-refractivity contribution in [2.75, 3.05) is 12.3 Å². The summed E-state index contributed by atoms with van der Waals surface area (Å²) >= 11 is 8.06. The SMILES string of the molecule is O=C(CSc1nc(-c2ccc(Cl)cc2)ns1)NCCC(F)(F)F. The molecule has 0 saturated carbocycles. The van der Waals surface area contributed by atoms with Gasteiger partial charge in [-0.3, -0.25) is 4.79 Å². The number of carbonyl (C=O) groups is 1. The predicted octanol–water partition coefficient (Wildman–Crippen LogP) is 4.02. The first kappa shape index (κ1) is 18.0. The van der Waals surface area contributed by atoms with E-state index < -0.39 is 25.0 Å². The van der Waals surface area contributed by atoms with Crippen LogP contribution in [0.2, 0.25) is 5.02 Å². The van der Waals surface area contributed by atoms with Crippen molar-refractivity contribution in [1.82, 2.24) is 14.7 Å². The largest absolute Gasteiger partial charge is 0.390 e. The minimum absolute atomic E-state index is 0.00684. The molecule has 1 heterocycles. The van der Waals surface area contributed by atoms with Crippen molar-refractivity contribution in [2.24, 2.45) is 0 Å².